The van der Waals surface area contributed by atoms with Gasteiger partial charge in [0, 0.05) is 29.7 Å². The molecular weight excluding hydrogens is 446 g/mol. The number of nitro benzene ring substituents is 1. The first kappa shape index (κ1) is 22.9. The molecule has 172 valence electrons. The summed E-state index contributed by atoms with van der Waals surface area (Å²) in [5, 5.41) is 18.4. The van der Waals surface area contributed by atoms with Gasteiger partial charge in [0.1, 0.15) is 0 Å². The number of hydrogen-bond donors (Lipinski definition) is 1. The Morgan fingerprint density at radius 3 is 2.55 bits per heavy atom. The van der Waals surface area contributed by atoms with Gasteiger partial charge in [-0.25, -0.2) is 4.79 Å². The van der Waals surface area contributed by atoms with E-state index in [0.717, 1.165) is 0 Å². The number of carbonyl (C=O) groups is 2. The van der Waals surface area contributed by atoms with E-state index in [1.807, 2.05) is 20.8 Å². The maximum atomic E-state index is 13.5. The van der Waals surface area contributed by atoms with Crippen LogP contribution in [0, 0.1) is 26.4 Å². The number of amides is 1. The molecule has 2 aliphatic carbocycles. The van der Waals surface area contributed by atoms with Crippen LogP contribution < -0.4 is 5.32 Å². The molecule has 9 heteroatoms. The van der Waals surface area contributed by atoms with Gasteiger partial charge in [0.15, 0.2) is 0 Å². The molecule has 2 saturated carbocycles. The molecule has 2 bridgehead atoms. The van der Waals surface area contributed by atoms with Gasteiger partial charge in [0.2, 0.25) is 5.91 Å². The van der Waals surface area contributed by atoms with E-state index in [0.29, 0.717) is 30.7 Å². The Hall–Kier alpha value is -3.26. The summed E-state index contributed by atoms with van der Waals surface area (Å²) in [7, 11) is 0. The monoisotopic (exact) mass is 469 g/mol. The van der Waals surface area contributed by atoms with E-state index in [2.05, 4.69) is 10.5 Å². The minimum absolute atomic E-state index is 0.0963. The predicted octanol–water partition coefficient (Wildman–Crippen LogP) is 5.62. The van der Waals surface area contributed by atoms with E-state index in [1.165, 1.54) is 18.2 Å². The minimum Gasteiger partial charge on any atom is -0.325 e. The van der Waals surface area contributed by atoms with Crippen molar-refractivity contribution >= 4 is 40.6 Å². The number of nitrogens with one attached hydrogen (secondary N) is 1. The van der Waals surface area contributed by atoms with Crippen LogP contribution >= 0.6 is 11.6 Å². The van der Waals surface area contributed by atoms with Gasteiger partial charge in [-0.05, 0) is 36.5 Å². The van der Waals surface area contributed by atoms with Crippen LogP contribution in [0.1, 0.15) is 50.4 Å². The van der Waals surface area contributed by atoms with Crippen molar-refractivity contribution in [3.05, 3.63) is 69.2 Å². The third-order valence-electron chi connectivity index (χ3n) is 7.82. The minimum atomic E-state index is -0.790. The molecule has 0 saturated heterocycles. The van der Waals surface area contributed by atoms with Crippen LogP contribution in [0.4, 0.5) is 11.4 Å². The van der Waals surface area contributed by atoms with Gasteiger partial charge in [-0.15, -0.1) is 0 Å². The summed E-state index contributed by atoms with van der Waals surface area (Å²) in [6.07, 6.45) is 1.66. The number of halogens is 1. The van der Waals surface area contributed by atoms with Crippen molar-refractivity contribution in [2.75, 3.05) is 5.32 Å². The second-order valence-electron chi connectivity index (χ2n) is 9.37. The lowest BCUT2D eigenvalue weighted by Gasteiger charge is -2.39. The van der Waals surface area contributed by atoms with Gasteiger partial charge in [-0.2, -0.15) is 0 Å². The highest BCUT2D eigenvalue weighted by molar-refractivity contribution is 6.33. The summed E-state index contributed by atoms with van der Waals surface area (Å²) >= 11 is 6.08. The molecule has 0 aromatic heterocycles. The Morgan fingerprint density at radius 2 is 1.85 bits per heavy atom. The smallest absolute Gasteiger partial charge is 0.325 e. The summed E-state index contributed by atoms with van der Waals surface area (Å²) in [5.41, 5.74) is -0.594. The zero-order chi connectivity index (χ0) is 24.0. The van der Waals surface area contributed by atoms with Crippen molar-refractivity contribution in [3.8, 4) is 0 Å². The summed E-state index contributed by atoms with van der Waals surface area (Å²) in [5.74, 6) is -0.883. The fourth-order valence-electron chi connectivity index (χ4n) is 5.24. The molecule has 2 aromatic carbocycles. The Balaban J connectivity index is 1.60. The van der Waals surface area contributed by atoms with Crippen molar-refractivity contribution in [1.82, 2.24) is 0 Å². The van der Waals surface area contributed by atoms with Crippen LogP contribution in [0.3, 0.4) is 0 Å². The zero-order valence-corrected chi connectivity index (χ0v) is 19.3. The number of hydrogen-bond acceptors (Lipinski definition) is 6. The van der Waals surface area contributed by atoms with Crippen LogP contribution in [-0.4, -0.2) is 22.5 Å². The molecule has 2 atom stereocenters. The first-order valence-electron chi connectivity index (χ1n) is 10.6. The number of oxime groups is 1. The number of fused-ring (bicyclic) bond motifs is 2. The van der Waals surface area contributed by atoms with Crippen molar-refractivity contribution in [2.45, 2.75) is 40.0 Å². The highest BCUT2D eigenvalue weighted by atomic mass is 35.5. The van der Waals surface area contributed by atoms with Gasteiger partial charge in [-0.1, -0.05) is 55.7 Å². The summed E-state index contributed by atoms with van der Waals surface area (Å²) in [6.45, 7) is 6.07. The first-order chi connectivity index (χ1) is 15.5. The molecule has 1 N–H and O–H groups in total. The van der Waals surface area contributed by atoms with Gasteiger partial charge < -0.3 is 10.2 Å². The summed E-state index contributed by atoms with van der Waals surface area (Å²) in [6, 6.07) is 12.4. The standard InChI is InChI=1S/C24H24ClN3O5/c1-22(2)23(3)11-12-24(22,21(30)26-15-7-6-8-16(13-15)28(31)32)14-19(23)27-33-20(29)17-9-4-5-10-18(17)25/h4-10,13H,11-12,14H2,1-3H3,(H,26,30). The Kier molecular flexibility index (Phi) is 5.52. The molecule has 0 heterocycles. The number of anilines is 1. The number of rotatable bonds is 5. The fourth-order valence-corrected chi connectivity index (χ4v) is 5.46. The second-order valence-corrected chi connectivity index (χ2v) is 9.78. The molecule has 0 radical (unpaired) electrons. The third kappa shape index (κ3) is 3.49. The number of benzene rings is 2. The maximum Gasteiger partial charge on any atom is 0.367 e. The Morgan fingerprint density at radius 1 is 1.12 bits per heavy atom. The van der Waals surface area contributed by atoms with E-state index in [-0.39, 0.29) is 22.2 Å². The molecular formula is C24H24ClN3O5. The molecule has 2 aromatic rings. The number of nitro groups is 1. The lowest BCUT2D eigenvalue weighted by atomic mass is 9.64. The number of nitrogens with zero attached hydrogens (tertiary/aromatic N) is 2. The third-order valence-corrected chi connectivity index (χ3v) is 8.15. The normalized spacial score (nSPS) is 26.2. The zero-order valence-electron chi connectivity index (χ0n) is 18.6. The lowest BCUT2D eigenvalue weighted by Crippen LogP contribution is -2.43. The predicted molar refractivity (Wildman–Crippen MR) is 124 cm³/mol. The maximum absolute atomic E-state index is 13.5. The first-order valence-corrected chi connectivity index (χ1v) is 11.0. The largest absolute Gasteiger partial charge is 0.367 e. The lowest BCUT2D eigenvalue weighted by molar-refractivity contribution is -0.384. The van der Waals surface area contributed by atoms with Crippen molar-refractivity contribution in [3.63, 3.8) is 0 Å². The molecule has 33 heavy (non-hydrogen) atoms. The second kappa shape index (κ2) is 7.95. The van der Waals surface area contributed by atoms with Crippen molar-refractivity contribution < 1.29 is 19.3 Å². The molecule has 2 fully saturated rings. The van der Waals surface area contributed by atoms with E-state index < -0.39 is 27.1 Å². The van der Waals surface area contributed by atoms with E-state index >= 15 is 0 Å². The van der Waals surface area contributed by atoms with Crippen molar-refractivity contribution in [2.24, 2.45) is 21.4 Å². The van der Waals surface area contributed by atoms with Crippen LogP contribution in [0.25, 0.3) is 0 Å². The van der Waals surface area contributed by atoms with Gasteiger partial charge >= 0.3 is 5.97 Å². The van der Waals surface area contributed by atoms with Crippen LogP contribution in [0.2, 0.25) is 5.02 Å². The van der Waals surface area contributed by atoms with E-state index in [4.69, 9.17) is 16.4 Å². The molecule has 4 rings (SSSR count). The van der Waals surface area contributed by atoms with E-state index in [9.17, 15) is 19.7 Å². The van der Waals surface area contributed by atoms with Crippen LogP contribution in [-0.2, 0) is 9.63 Å². The quantitative estimate of drug-likeness (QED) is 0.347. The Labute approximate surface area is 196 Å². The van der Waals surface area contributed by atoms with Gasteiger partial charge in [0.25, 0.3) is 5.69 Å². The highest BCUT2D eigenvalue weighted by Gasteiger charge is 2.71. The highest BCUT2D eigenvalue weighted by Crippen LogP contribution is 2.71. The average Bonchev–Trinajstić information content (AvgIpc) is 3.08. The summed E-state index contributed by atoms with van der Waals surface area (Å²) < 4.78 is 0. The summed E-state index contributed by atoms with van der Waals surface area (Å²) in [4.78, 5) is 41.8. The molecule has 0 spiro atoms. The topological polar surface area (TPSA) is 111 Å². The Bertz CT molecular complexity index is 1190. The van der Waals surface area contributed by atoms with E-state index in [1.54, 1.807) is 30.3 Å². The average molecular weight is 470 g/mol. The molecule has 1 amide bonds. The van der Waals surface area contributed by atoms with Gasteiger partial charge in [-0.3, -0.25) is 14.9 Å². The van der Waals surface area contributed by atoms with Crippen LogP contribution in [0.15, 0.2) is 53.7 Å². The van der Waals surface area contributed by atoms with Crippen molar-refractivity contribution in [1.29, 1.82) is 0 Å². The number of carbonyl (C=O) groups excluding carboxylic acids is 2. The fraction of sp³-hybridized carbons (Fsp3) is 0.375. The molecule has 0 aliphatic heterocycles. The molecule has 2 unspecified atom stereocenters. The number of non-ortho nitro benzene ring substituents is 1. The van der Waals surface area contributed by atoms with Gasteiger partial charge in [0.05, 0.1) is 26.6 Å². The molecule has 2 aliphatic rings. The SMILES string of the molecule is CC12CCC(C(=O)Nc3cccc([N+](=O)[O-])c3)(CC1=NOC(=O)c1ccccc1Cl)C2(C)C. The molecule has 8 nitrogen and oxygen atoms in total. The van der Waals surface area contributed by atoms with Crippen LogP contribution in [0.5, 0.6) is 0 Å².